The van der Waals surface area contributed by atoms with Gasteiger partial charge in [-0.05, 0) is 38.0 Å². The quantitative estimate of drug-likeness (QED) is 0.796. The molecule has 1 fully saturated rings. The van der Waals surface area contributed by atoms with Gasteiger partial charge in [0.15, 0.2) is 0 Å². The van der Waals surface area contributed by atoms with Gasteiger partial charge in [-0.25, -0.2) is 8.42 Å². The first-order valence-corrected chi connectivity index (χ1v) is 9.32. The van der Waals surface area contributed by atoms with E-state index in [1.165, 1.54) is 7.05 Å². The maximum absolute atomic E-state index is 12.4. The largest absolute Gasteiger partial charge is 0.336 e. The van der Waals surface area contributed by atoms with Crippen molar-refractivity contribution in [1.82, 2.24) is 9.21 Å². The van der Waals surface area contributed by atoms with Gasteiger partial charge in [0, 0.05) is 19.1 Å². The lowest BCUT2D eigenvalue weighted by molar-refractivity contribution is -0.135. The molecule has 0 spiro atoms. The molecule has 0 saturated carbocycles. The van der Waals surface area contributed by atoms with Crippen LogP contribution in [0.1, 0.15) is 47.5 Å². The highest BCUT2D eigenvalue weighted by atomic mass is 32.2. The summed E-state index contributed by atoms with van der Waals surface area (Å²) in [4.78, 5) is 14.3. The van der Waals surface area contributed by atoms with Crippen molar-refractivity contribution in [3.05, 3.63) is 0 Å². The Morgan fingerprint density at radius 2 is 1.86 bits per heavy atom. The Morgan fingerprint density at radius 3 is 2.29 bits per heavy atom. The van der Waals surface area contributed by atoms with Gasteiger partial charge in [-0.2, -0.15) is 4.31 Å². The number of hydrogen-bond acceptors (Lipinski definition) is 3. The summed E-state index contributed by atoms with van der Waals surface area (Å²) in [5.41, 5.74) is 0.00719. The molecule has 0 bridgehead atoms. The molecule has 1 amide bonds. The van der Waals surface area contributed by atoms with E-state index in [-0.39, 0.29) is 23.4 Å². The lowest BCUT2D eigenvalue weighted by Gasteiger charge is -2.39. The van der Waals surface area contributed by atoms with Gasteiger partial charge in [0.1, 0.15) is 0 Å². The molecule has 0 aromatic heterocycles. The van der Waals surface area contributed by atoms with Gasteiger partial charge < -0.3 is 4.90 Å². The second kappa shape index (κ2) is 5.88. The van der Waals surface area contributed by atoms with E-state index in [1.54, 1.807) is 0 Å². The minimum Gasteiger partial charge on any atom is -0.336 e. The third kappa shape index (κ3) is 4.68. The van der Waals surface area contributed by atoms with Crippen LogP contribution in [-0.4, -0.2) is 55.5 Å². The molecule has 1 aliphatic rings. The molecule has 6 heteroatoms. The van der Waals surface area contributed by atoms with Gasteiger partial charge in [0.2, 0.25) is 15.9 Å². The first-order valence-electron chi connectivity index (χ1n) is 7.47. The topological polar surface area (TPSA) is 57.7 Å². The zero-order valence-corrected chi connectivity index (χ0v) is 15.2. The van der Waals surface area contributed by atoms with Gasteiger partial charge in [-0.15, -0.1) is 0 Å². The van der Waals surface area contributed by atoms with Crippen molar-refractivity contribution < 1.29 is 13.2 Å². The Hall–Kier alpha value is -0.620. The Morgan fingerprint density at radius 1 is 1.33 bits per heavy atom. The van der Waals surface area contributed by atoms with Gasteiger partial charge in [0.05, 0.1) is 12.8 Å². The van der Waals surface area contributed by atoms with Crippen LogP contribution in [0.25, 0.3) is 0 Å². The van der Waals surface area contributed by atoms with Crippen LogP contribution in [0.2, 0.25) is 0 Å². The number of carbonyl (C=O) groups excluding carboxylic acids is 1. The number of likely N-dealkylation sites (N-methyl/N-ethyl adjacent to an activating group) is 1. The molecule has 0 aliphatic carbocycles. The van der Waals surface area contributed by atoms with E-state index < -0.39 is 10.0 Å². The Balaban J connectivity index is 2.79. The summed E-state index contributed by atoms with van der Waals surface area (Å²) in [6.45, 7) is 11.5. The van der Waals surface area contributed by atoms with E-state index in [4.69, 9.17) is 0 Å². The summed E-state index contributed by atoms with van der Waals surface area (Å²) < 4.78 is 24.0. The van der Waals surface area contributed by atoms with Gasteiger partial charge >= 0.3 is 0 Å². The average Bonchev–Trinajstić information content (AvgIpc) is 2.50. The predicted octanol–water partition coefficient (Wildman–Crippen LogP) is 1.94. The number of amides is 1. The summed E-state index contributed by atoms with van der Waals surface area (Å²) in [5, 5.41) is 0. The van der Waals surface area contributed by atoms with E-state index in [9.17, 15) is 13.2 Å². The molecule has 1 aliphatic heterocycles. The molecule has 1 saturated heterocycles. The van der Waals surface area contributed by atoms with E-state index in [1.807, 2.05) is 4.90 Å². The molecular formula is C15H30N2O3S. The smallest absolute Gasteiger partial charge is 0.238 e. The van der Waals surface area contributed by atoms with Crippen LogP contribution < -0.4 is 0 Å². The summed E-state index contributed by atoms with van der Waals surface area (Å²) in [7, 11) is -1.87. The zero-order valence-electron chi connectivity index (χ0n) is 14.4. The molecule has 1 heterocycles. The Kier molecular flexibility index (Phi) is 5.16. The van der Waals surface area contributed by atoms with Crippen molar-refractivity contribution in [2.24, 2.45) is 11.3 Å². The summed E-state index contributed by atoms with van der Waals surface area (Å²) in [6.07, 6.45) is 3.17. The van der Waals surface area contributed by atoms with Crippen LogP contribution in [0.5, 0.6) is 0 Å². The monoisotopic (exact) mass is 318 g/mol. The van der Waals surface area contributed by atoms with Gasteiger partial charge in [0.25, 0.3) is 0 Å². The molecule has 5 nitrogen and oxygen atoms in total. The maximum atomic E-state index is 12.4. The number of hydrogen-bond donors (Lipinski definition) is 0. The van der Waals surface area contributed by atoms with E-state index in [0.29, 0.717) is 12.5 Å². The Bertz CT molecular complexity index is 492. The highest BCUT2D eigenvalue weighted by molar-refractivity contribution is 7.88. The number of carbonyl (C=O) groups is 1. The van der Waals surface area contributed by atoms with Crippen LogP contribution in [0.15, 0.2) is 0 Å². The molecule has 0 radical (unpaired) electrons. The van der Waals surface area contributed by atoms with Crippen molar-refractivity contribution >= 4 is 15.9 Å². The van der Waals surface area contributed by atoms with Crippen molar-refractivity contribution in [3.63, 3.8) is 0 Å². The standard InChI is InChI=1S/C15H30N2O3S/c1-14(2,3)10-12-8-9-17(15(12,4)5)13(18)11-16(6)21(7,19)20/h12H,8-11H2,1-7H3. The summed E-state index contributed by atoms with van der Waals surface area (Å²) in [5.74, 6) is 0.342. The zero-order chi connectivity index (χ0) is 16.6. The van der Waals surface area contributed by atoms with Crippen LogP contribution in [0.4, 0.5) is 0 Å². The highest BCUT2D eigenvalue weighted by Crippen LogP contribution is 2.41. The lowest BCUT2D eigenvalue weighted by Crippen LogP contribution is -2.50. The van der Waals surface area contributed by atoms with Crippen LogP contribution in [0, 0.1) is 11.3 Å². The fourth-order valence-corrected chi connectivity index (χ4v) is 3.42. The predicted molar refractivity (Wildman–Crippen MR) is 85.4 cm³/mol. The number of sulfonamides is 1. The molecule has 0 aromatic carbocycles. The minimum atomic E-state index is -3.32. The molecule has 1 rings (SSSR count). The molecule has 0 aromatic rings. The number of rotatable bonds is 4. The van der Waals surface area contributed by atoms with Crippen molar-refractivity contribution in [2.75, 3.05) is 26.4 Å². The van der Waals surface area contributed by atoms with Crippen molar-refractivity contribution in [3.8, 4) is 0 Å². The van der Waals surface area contributed by atoms with Crippen molar-refractivity contribution in [1.29, 1.82) is 0 Å². The second-order valence-electron chi connectivity index (χ2n) is 7.97. The molecule has 21 heavy (non-hydrogen) atoms. The molecule has 124 valence electrons. The van der Waals surface area contributed by atoms with Gasteiger partial charge in [-0.1, -0.05) is 20.8 Å². The van der Waals surface area contributed by atoms with Crippen LogP contribution >= 0.6 is 0 Å². The first-order chi connectivity index (χ1) is 9.25. The highest BCUT2D eigenvalue weighted by Gasteiger charge is 2.44. The fourth-order valence-electron chi connectivity index (χ4n) is 3.08. The SMILES string of the molecule is CN(CC(=O)N1CCC(CC(C)(C)C)C1(C)C)S(C)(=O)=O. The molecular weight excluding hydrogens is 288 g/mol. The van der Waals surface area contributed by atoms with Crippen molar-refractivity contribution in [2.45, 2.75) is 53.0 Å². The second-order valence-corrected chi connectivity index (χ2v) is 10.1. The third-order valence-corrected chi connectivity index (χ3v) is 5.74. The van der Waals surface area contributed by atoms with E-state index in [0.717, 1.165) is 23.4 Å². The minimum absolute atomic E-state index is 0.0789. The molecule has 1 unspecified atom stereocenters. The molecule has 0 N–H and O–H groups in total. The van der Waals surface area contributed by atoms with Crippen LogP contribution in [0.3, 0.4) is 0 Å². The summed E-state index contributed by atoms with van der Waals surface area (Å²) in [6, 6.07) is 0. The number of nitrogens with zero attached hydrogens (tertiary/aromatic N) is 2. The number of likely N-dealkylation sites (tertiary alicyclic amines) is 1. The van der Waals surface area contributed by atoms with Crippen LogP contribution in [-0.2, 0) is 14.8 Å². The Labute approximate surface area is 129 Å². The summed E-state index contributed by atoms with van der Waals surface area (Å²) >= 11 is 0. The molecule has 1 atom stereocenters. The lowest BCUT2D eigenvalue weighted by atomic mass is 9.76. The van der Waals surface area contributed by atoms with E-state index in [2.05, 4.69) is 34.6 Å². The van der Waals surface area contributed by atoms with Gasteiger partial charge in [-0.3, -0.25) is 4.79 Å². The van der Waals surface area contributed by atoms with E-state index >= 15 is 0 Å². The average molecular weight is 318 g/mol. The normalized spacial score (nSPS) is 22.9. The third-order valence-electron chi connectivity index (χ3n) is 4.48. The maximum Gasteiger partial charge on any atom is 0.238 e. The fraction of sp³-hybridized carbons (Fsp3) is 0.933. The first kappa shape index (κ1) is 18.4.